The van der Waals surface area contributed by atoms with Gasteiger partial charge in [-0.05, 0) is 16.0 Å². The van der Waals surface area contributed by atoms with E-state index in [1.807, 2.05) is 18.2 Å². The first-order chi connectivity index (χ1) is 15.0. The predicted octanol–water partition coefficient (Wildman–Crippen LogP) is 10.5. The average molecular weight is 651 g/mol. The van der Waals surface area contributed by atoms with Gasteiger partial charge in [-0.15, -0.1) is 0 Å². The Bertz CT molecular complexity index is 298. The molecule has 1 aromatic carbocycles. The van der Waals surface area contributed by atoms with Gasteiger partial charge < -0.3 is 13.8 Å². The Morgan fingerprint density at radius 3 is 1.06 bits per heavy atom. The Balaban J connectivity index is -0.0000000645. The molecule has 0 nitrogen and oxygen atoms in total. The van der Waals surface area contributed by atoms with Crippen molar-refractivity contribution in [2.75, 3.05) is 4.43 Å². The van der Waals surface area contributed by atoms with E-state index in [2.05, 4.69) is 97.0 Å². The molecule has 0 radical (unpaired) electrons. The third kappa shape index (κ3) is 77.2. The molecule has 0 saturated heterocycles. The largest absolute Gasteiger partial charge is 2.00 e. The number of rotatable bonds is 9. The Morgan fingerprint density at radius 2 is 0.969 bits per heavy atom. The first-order valence-corrected chi connectivity index (χ1v) is 17.1. The molecule has 1 aromatic rings. The van der Waals surface area contributed by atoms with Crippen molar-refractivity contribution in [3.05, 3.63) is 44.2 Å². The molecule has 0 spiro atoms. The molecule has 0 atom stereocenters. The fraction of sp³-hybridized carbons (Fsp3) is 0.714. The molecule has 0 aliphatic heterocycles. The third-order valence-corrected chi connectivity index (χ3v) is 6.07. The Morgan fingerprint density at radius 1 is 0.656 bits per heavy atom. The van der Waals surface area contributed by atoms with Gasteiger partial charge in [-0.2, -0.15) is 23.9 Å². The fourth-order valence-electron chi connectivity index (χ4n) is 1.41. The minimum absolute atomic E-state index is 0. The molecule has 0 bridgehead atoms. The Hall–Kier alpha value is 1.08. The number of hydrogen-bond acceptors (Lipinski definition) is 0. The van der Waals surface area contributed by atoms with Crippen LogP contribution in [0.1, 0.15) is 126 Å². The number of halogens is 2. The van der Waals surface area contributed by atoms with Crippen LogP contribution in [0, 0.1) is 13.8 Å². The second kappa shape index (κ2) is 58.2. The second-order valence-electron chi connectivity index (χ2n) is 7.08. The van der Waals surface area contributed by atoms with Crippen LogP contribution in [0.2, 0.25) is 0 Å². The van der Waals surface area contributed by atoms with Crippen molar-refractivity contribution < 1.29 is 19.5 Å². The minimum Gasteiger partial charge on any atom is -0.343 e. The molecule has 1 rings (SSSR count). The SMILES string of the molecule is CCCCC.CCCCC.CCCCI.Cl[SiH2]c1ccccc1.[CH2-]CCC.[CH2-]CCC.[Zn+2]. The summed E-state index contributed by atoms with van der Waals surface area (Å²) in [5.41, 5.74) is 0. The first-order valence-electron chi connectivity index (χ1n) is 12.7. The normalized spacial score (nSPS) is 8.47. The smallest absolute Gasteiger partial charge is 0.343 e. The van der Waals surface area contributed by atoms with Crippen molar-refractivity contribution >= 4 is 47.7 Å². The van der Waals surface area contributed by atoms with E-state index in [0.717, 1.165) is 12.8 Å². The maximum absolute atomic E-state index is 5.67. The van der Waals surface area contributed by atoms with Gasteiger partial charge in [0.25, 0.3) is 0 Å². The van der Waals surface area contributed by atoms with Crippen LogP contribution >= 0.6 is 33.7 Å². The summed E-state index contributed by atoms with van der Waals surface area (Å²) >= 11 is 8.05. The molecule has 0 heterocycles. The van der Waals surface area contributed by atoms with Crippen molar-refractivity contribution in [3.63, 3.8) is 0 Å². The van der Waals surface area contributed by atoms with Crippen molar-refractivity contribution in [1.82, 2.24) is 0 Å². The van der Waals surface area contributed by atoms with Gasteiger partial charge in [0, 0.05) is 0 Å². The standard InChI is InChI=1S/C6H7ClSi.2C5H12.C4H9I.2C4H9.Zn/c7-8-6-4-2-1-3-5-6;2*1-3-5-4-2;1-2-3-4-5;2*1-3-4-2;/h1-5H,8H2;2*3-5H2,1-2H3;2-4H2,1H3;2*1,3-4H2,2H3;/q;;;;2*-1;+2. The number of unbranched alkanes of at least 4 members (excludes halogenated alkanes) is 7. The van der Waals surface area contributed by atoms with E-state index in [-0.39, 0.29) is 19.5 Å². The second-order valence-corrected chi connectivity index (χ2v) is 10.0. The summed E-state index contributed by atoms with van der Waals surface area (Å²) in [5, 5.41) is 1.31. The molecule has 190 valence electrons. The Kier molecular flexibility index (Phi) is 84.4. The fourth-order valence-corrected chi connectivity index (χ4v) is 3.16. The van der Waals surface area contributed by atoms with Gasteiger partial charge in [-0.25, -0.2) is 0 Å². The predicted molar refractivity (Wildman–Crippen MR) is 165 cm³/mol. The van der Waals surface area contributed by atoms with Gasteiger partial charge in [-0.3, -0.25) is 0 Å². The van der Waals surface area contributed by atoms with E-state index >= 15 is 0 Å². The number of hydrogen-bond donors (Lipinski definition) is 0. The molecule has 32 heavy (non-hydrogen) atoms. The molecule has 0 unspecified atom stereocenters. The van der Waals surface area contributed by atoms with E-state index in [1.54, 1.807) is 0 Å². The van der Waals surface area contributed by atoms with Crippen molar-refractivity contribution in [1.29, 1.82) is 0 Å². The molecule has 0 aliphatic carbocycles. The average Bonchev–Trinajstić information content (AvgIpc) is 2.82. The maximum Gasteiger partial charge on any atom is 2.00 e. The van der Waals surface area contributed by atoms with E-state index in [9.17, 15) is 0 Å². The van der Waals surface area contributed by atoms with Gasteiger partial charge >= 0.3 is 19.5 Å². The van der Waals surface area contributed by atoms with Gasteiger partial charge in [-0.1, -0.05) is 159 Å². The van der Waals surface area contributed by atoms with E-state index in [1.165, 1.54) is 73.8 Å². The quantitative estimate of drug-likeness (QED) is 0.0821. The topological polar surface area (TPSA) is 0 Å². The van der Waals surface area contributed by atoms with Crippen molar-refractivity contribution in [2.24, 2.45) is 0 Å². The third-order valence-electron chi connectivity index (χ3n) is 3.61. The molecule has 4 heteroatoms. The van der Waals surface area contributed by atoms with Crippen LogP contribution in [0.15, 0.2) is 30.3 Å². The van der Waals surface area contributed by atoms with Crippen LogP contribution < -0.4 is 5.19 Å². The molecule has 0 aromatic heterocycles. The van der Waals surface area contributed by atoms with Crippen molar-refractivity contribution in [3.8, 4) is 0 Å². The maximum atomic E-state index is 5.67. The van der Waals surface area contributed by atoms with E-state index < -0.39 is 8.83 Å². The summed E-state index contributed by atoms with van der Waals surface area (Å²) in [6.45, 7) is 22.5. The van der Waals surface area contributed by atoms with Gasteiger partial charge in [0.15, 0.2) is 8.83 Å². The first kappa shape index (κ1) is 46.4. The number of alkyl halides is 1. The van der Waals surface area contributed by atoms with E-state index in [4.69, 9.17) is 11.1 Å². The Labute approximate surface area is 239 Å². The summed E-state index contributed by atoms with van der Waals surface area (Å²) < 4.78 is 1.31. The molecule has 0 aliphatic rings. The van der Waals surface area contributed by atoms with Crippen LogP contribution in [0.5, 0.6) is 0 Å². The van der Waals surface area contributed by atoms with Gasteiger partial charge in [0.1, 0.15) is 0 Å². The van der Waals surface area contributed by atoms with Crippen LogP contribution in [-0.4, -0.2) is 13.3 Å². The molecule has 0 N–H and O–H groups in total. The molecule has 0 amide bonds. The molecule has 0 saturated carbocycles. The van der Waals surface area contributed by atoms with Crippen LogP contribution in [0.3, 0.4) is 0 Å². The minimum atomic E-state index is -0.437. The zero-order valence-electron chi connectivity index (χ0n) is 23.2. The molecule has 0 fully saturated rings. The summed E-state index contributed by atoms with van der Waals surface area (Å²) in [4.78, 5) is 0. The van der Waals surface area contributed by atoms with Gasteiger partial charge in [0.2, 0.25) is 0 Å². The van der Waals surface area contributed by atoms with Crippen molar-refractivity contribution in [2.45, 2.75) is 126 Å². The zero-order chi connectivity index (χ0) is 25.0. The summed E-state index contributed by atoms with van der Waals surface area (Å²) in [6, 6.07) is 10.2. The zero-order valence-corrected chi connectivity index (χ0v) is 30.5. The van der Waals surface area contributed by atoms with E-state index in [0.29, 0.717) is 0 Å². The van der Waals surface area contributed by atoms with Crippen LogP contribution in [0.25, 0.3) is 0 Å². The summed E-state index contributed by atoms with van der Waals surface area (Å²) in [7, 11) is -0.437. The molecular formula is C28H58ClISiZn. The summed E-state index contributed by atoms with van der Waals surface area (Å²) in [5.74, 6) is 0. The monoisotopic (exact) mass is 648 g/mol. The van der Waals surface area contributed by atoms with Crippen LogP contribution in [-0.2, 0) is 19.5 Å². The summed E-state index contributed by atoms with van der Waals surface area (Å²) in [6.07, 6.45) is 15.4. The number of benzene rings is 1. The van der Waals surface area contributed by atoms with Gasteiger partial charge in [0.05, 0.1) is 0 Å². The van der Waals surface area contributed by atoms with Crippen LogP contribution in [0.4, 0.5) is 0 Å². The molecular weight excluding hydrogens is 592 g/mol.